The summed E-state index contributed by atoms with van der Waals surface area (Å²) in [6, 6.07) is 12.5. The molecule has 4 aromatic heterocycles. The molecule has 0 bridgehead atoms. The largest absolute Gasteiger partial charge is 0.377 e. The summed E-state index contributed by atoms with van der Waals surface area (Å²) in [6.45, 7) is 7.91. The van der Waals surface area contributed by atoms with Crippen LogP contribution in [0.25, 0.3) is 33.7 Å². The summed E-state index contributed by atoms with van der Waals surface area (Å²) in [5.41, 5.74) is 4.52. The van der Waals surface area contributed by atoms with E-state index in [4.69, 9.17) is 14.7 Å². The third-order valence-corrected chi connectivity index (χ3v) is 8.72. The monoisotopic (exact) mass is 543 g/mol. The van der Waals surface area contributed by atoms with Crippen LogP contribution in [0.2, 0.25) is 0 Å². The number of nitrogens with zero attached hydrogens (tertiary/aromatic N) is 7. The van der Waals surface area contributed by atoms with Gasteiger partial charge >= 0.3 is 0 Å². The molecule has 0 unspecified atom stereocenters. The van der Waals surface area contributed by atoms with Crippen molar-refractivity contribution in [2.45, 2.75) is 31.7 Å². The Morgan fingerprint density at radius 1 is 1.03 bits per heavy atom. The first kappa shape index (κ1) is 25.2. The number of pyridine rings is 1. The predicted octanol–water partition coefficient (Wildman–Crippen LogP) is 3.97. The van der Waals surface area contributed by atoms with Crippen molar-refractivity contribution < 1.29 is 13.2 Å². The molecule has 1 atom stereocenters. The van der Waals surface area contributed by atoms with E-state index in [9.17, 15) is 8.42 Å². The average Bonchev–Trinajstić information content (AvgIpc) is 3.52. The highest BCUT2D eigenvalue weighted by Crippen LogP contribution is 2.33. The fourth-order valence-electron chi connectivity index (χ4n) is 4.99. The summed E-state index contributed by atoms with van der Waals surface area (Å²) < 4.78 is 35.7. The van der Waals surface area contributed by atoms with Crippen molar-refractivity contribution in [2.24, 2.45) is 7.05 Å². The van der Waals surface area contributed by atoms with Crippen LogP contribution >= 0.6 is 0 Å². The Morgan fingerprint density at radius 3 is 2.54 bits per heavy atom. The molecule has 1 fully saturated rings. The Labute approximate surface area is 227 Å². The van der Waals surface area contributed by atoms with Crippen LogP contribution < -0.4 is 4.90 Å². The lowest BCUT2D eigenvalue weighted by Crippen LogP contribution is -2.44. The first-order valence-electron chi connectivity index (χ1n) is 12.7. The first-order chi connectivity index (χ1) is 18.7. The third kappa shape index (κ3) is 4.47. The van der Waals surface area contributed by atoms with Gasteiger partial charge in [0, 0.05) is 54.8 Å². The lowest BCUT2D eigenvalue weighted by Gasteiger charge is -2.34. The van der Waals surface area contributed by atoms with E-state index in [2.05, 4.69) is 21.9 Å². The van der Waals surface area contributed by atoms with Crippen molar-refractivity contribution in [1.82, 2.24) is 28.7 Å². The summed E-state index contributed by atoms with van der Waals surface area (Å²) >= 11 is 0. The molecule has 1 aromatic carbocycles. The van der Waals surface area contributed by atoms with Gasteiger partial charge in [0.05, 0.1) is 35.5 Å². The maximum atomic E-state index is 13.5. The van der Waals surface area contributed by atoms with Crippen LogP contribution in [0.1, 0.15) is 18.2 Å². The second-order valence-corrected chi connectivity index (χ2v) is 11.7. The molecule has 0 saturated carbocycles. The predicted molar refractivity (Wildman–Crippen MR) is 149 cm³/mol. The van der Waals surface area contributed by atoms with E-state index in [1.54, 1.807) is 41.2 Å². The van der Waals surface area contributed by atoms with Crippen molar-refractivity contribution in [3.63, 3.8) is 0 Å². The summed E-state index contributed by atoms with van der Waals surface area (Å²) in [4.78, 5) is 16.8. The molecule has 200 valence electrons. The van der Waals surface area contributed by atoms with Crippen molar-refractivity contribution >= 4 is 26.9 Å². The van der Waals surface area contributed by atoms with Crippen LogP contribution in [0.4, 0.5) is 5.82 Å². The van der Waals surface area contributed by atoms with E-state index in [-0.39, 0.29) is 10.9 Å². The average molecular weight is 544 g/mol. The maximum absolute atomic E-state index is 13.5. The fourth-order valence-corrected chi connectivity index (χ4v) is 6.29. The molecule has 5 heterocycles. The minimum absolute atomic E-state index is 0.141. The van der Waals surface area contributed by atoms with Gasteiger partial charge in [-0.15, -0.1) is 0 Å². The summed E-state index contributed by atoms with van der Waals surface area (Å²) in [5.74, 6) is 1.27. The summed E-state index contributed by atoms with van der Waals surface area (Å²) in [7, 11) is -1.96. The van der Waals surface area contributed by atoms with Crippen LogP contribution in [-0.2, 0) is 21.8 Å². The van der Waals surface area contributed by atoms with Gasteiger partial charge in [-0.05, 0) is 45.0 Å². The number of aromatic nitrogens is 6. The van der Waals surface area contributed by atoms with Gasteiger partial charge in [-0.3, -0.25) is 4.68 Å². The molecule has 0 amide bonds. The molecular formula is C28H29N7O3S. The molecule has 0 radical (unpaired) electrons. The van der Waals surface area contributed by atoms with Gasteiger partial charge < -0.3 is 9.64 Å². The molecular weight excluding hydrogens is 514 g/mol. The van der Waals surface area contributed by atoms with E-state index in [0.717, 1.165) is 28.3 Å². The minimum atomic E-state index is -3.84. The number of morpholine rings is 1. The zero-order chi connectivity index (χ0) is 27.3. The molecule has 0 N–H and O–H groups in total. The zero-order valence-electron chi connectivity index (χ0n) is 22.2. The molecule has 1 aliphatic rings. The van der Waals surface area contributed by atoms with Gasteiger partial charge in [-0.1, -0.05) is 17.7 Å². The van der Waals surface area contributed by atoms with Gasteiger partial charge in [-0.25, -0.2) is 27.3 Å². The van der Waals surface area contributed by atoms with E-state index in [0.29, 0.717) is 42.2 Å². The summed E-state index contributed by atoms with van der Waals surface area (Å²) in [5, 5.41) is 5.15. The minimum Gasteiger partial charge on any atom is -0.377 e. The number of benzene rings is 1. The van der Waals surface area contributed by atoms with E-state index >= 15 is 0 Å². The highest BCUT2D eigenvalue weighted by atomic mass is 32.2. The number of fused-ring (bicyclic) bond motifs is 1. The standard InChI is InChI=1S/C28H29N7O3S/c1-18-5-7-21(8-6-18)39(36,37)35-12-10-23-22(9-11-29-28(23)35)27-30-25(24-16-33(4)32-20(24)3)15-26(31-27)34-13-14-38-17-19(34)2/h5-12,15-16,19H,13-14,17H2,1-4H3/t19-/m1/s1. The van der Waals surface area contributed by atoms with Gasteiger partial charge in [0.1, 0.15) is 5.82 Å². The van der Waals surface area contributed by atoms with Crippen molar-refractivity contribution in [1.29, 1.82) is 0 Å². The fraction of sp³-hybridized carbons (Fsp3) is 0.286. The third-order valence-electron chi connectivity index (χ3n) is 7.04. The molecule has 39 heavy (non-hydrogen) atoms. The number of anilines is 1. The lowest BCUT2D eigenvalue weighted by atomic mass is 10.1. The second kappa shape index (κ2) is 9.58. The van der Waals surface area contributed by atoms with Gasteiger partial charge in [0.2, 0.25) is 0 Å². The Bertz CT molecular complexity index is 1790. The van der Waals surface area contributed by atoms with Crippen LogP contribution in [0, 0.1) is 13.8 Å². The molecule has 11 heteroatoms. The number of ether oxygens (including phenoxy) is 1. The van der Waals surface area contributed by atoms with Crippen LogP contribution in [0.15, 0.2) is 66.0 Å². The smallest absolute Gasteiger partial charge is 0.269 e. The van der Waals surface area contributed by atoms with E-state index in [1.807, 2.05) is 39.2 Å². The van der Waals surface area contributed by atoms with Crippen molar-refractivity contribution in [2.75, 3.05) is 24.7 Å². The Kier molecular flexibility index (Phi) is 6.19. The number of aryl methyl sites for hydroxylation is 3. The lowest BCUT2D eigenvalue weighted by molar-refractivity contribution is 0.0985. The molecule has 1 aliphatic heterocycles. The van der Waals surface area contributed by atoms with Gasteiger partial charge in [-0.2, -0.15) is 5.10 Å². The highest BCUT2D eigenvalue weighted by Gasteiger charge is 2.25. The maximum Gasteiger partial charge on any atom is 0.269 e. The Balaban J connectivity index is 1.52. The van der Waals surface area contributed by atoms with Gasteiger partial charge in [0.25, 0.3) is 10.0 Å². The molecule has 10 nitrogen and oxygen atoms in total. The summed E-state index contributed by atoms with van der Waals surface area (Å²) in [6.07, 6.45) is 5.08. The van der Waals surface area contributed by atoms with Crippen molar-refractivity contribution in [3.8, 4) is 22.6 Å². The van der Waals surface area contributed by atoms with Crippen molar-refractivity contribution in [3.05, 3.63) is 72.3 Å². The molecule has 1 saturated heterocycles. The number of hydrogen-bond donors (Lipinski definition) is 0. The van der Waals surface area contributed by atoms with E-state index < -0.39 is 10.0 Å². The zero-order valence-corrected chi connectivity index (χ0v) is 23.1. The highest BCUT2D eigenvalue weighted by molar-refractivity contribution is 7.90. The Morgan fingerprint density at radius 2 is 1.82 bits per heavy atom. The molecule has 0 spiro atoms. The molecule has 5 aromatic rings. The second-order valence-electron chi connectivity index (χ2n) is 9.88. The van der Waals surface area contributed by atoms with Crippen LogP contribution in [0.3, 0.4) is 0 Å². The number of rotatable bonds is 5. The van der Waals surface area contributed by atoms with Crippen LogP contribution in [-0.4, -0.2) is 62.9 Å². The molecule has 0 aliphatic carbocycles. The normalized spacial score (nSPS) is 16.2. The first-order valence-corrected chi connectivity index (χ1v) is 14.2. The molecule has 6 rings (SSSR count). The SMILES string of the molecule is Cc1ccc(S(=O)(=O)n2ccc3c(-c4nc(-c5cn(C)nc5C)cc(N5CCOC[C@H]5C)n4)ccnc32)cc1. The Hall–Kier alpha value is -4.09. The van der Waals surface area contributed by atoms with E-state index in [1.165, 1.54) is 10.2 Å². The quantitative estimate of drug-likeness (QED) is 0.328. The topological polar surface area (TPSA) is 108 Å². The van der Waals surface area contributed by atoms with Gasteiger partial charge in [0.15, 0.2) is 11.5 Å². The van der Waals surface area contributed by atoms with Crippen LogP contribution in [0.5, 0.6) is 0 Å². The number of hydrogen-bond acceptors (Lipinski definition) is 8.